The Hall–Kier alpha value is -3.29. The number of carbonyl (C=O) groups is 3. The smallest absolute Gasteiger partial charge is 0.316 e. The normalized spacial score (nSPS) is 12.5. The van der Waals surface area contributed by atoms with Crippen LogP contribution in [-0.4, -0.2) is 48.2 Å². The number of nitrogens with zero attached hydrogens (tertiary/aromatic N) is 3. The third-order valence-corrected chi connectivity index (χ3v) is 4.03. The summed E-state index contributed by atoms with van der Waals surface area (Å²) in [7, 11) is 3.17. The van der Waals surface area contributed by atoms with Gasteiger partial charge >= 0.3 is 11.8 Å². The monoisotopic (exact) mass is 356 g/mol. The Morgan fingerprint density at radius 2 is 1.96 bits per heavy atom. The molecule has 0 radical (unpaired) electrons. The highest BCUT2D eigenvalue weighted by atomic mass is 19.1. The lowest BCUT2D eigenvalue weighted by atomic mass is 10.2. The first-order valence-electron chi connectivity index (χ1n) is 7.96. The molecule has 2 aromatic rings. The Balaban J connectivity index is 1.76. The van der Waals surface area contributed by atoms with Crippen molar-refractivity contribution in [1.82, 2.24) is 9.88 Å². The summed E-state index contributed by atoms with van der Waals surface area (Å²) < 4.78 is 13.5. The zero-order chi connectivity index (χ0) is 18.8. The third kappa shape index (κ3) is 3.39. The van der Waals surface area contributed by atoms with Gasteiger partial charge in [0.15, 0.2) is 0 Å². The summed E-state index contributed by atoms with van der Waals surface area (Å²) in [6, 6.07) is 7.05. The van der Waals surface area contributed by atoms with Gasteiger partial charge in [0.2, 0.25) is 0 Å². The molecule has 134 valence electrons. The number of aromatic nitrogens is 1. The first kappa shape index (κ1) is 17.5. The van der Waals surface area contributed by atoms with Crippen LogP contribution < -0.4 is 10.2 Å². The van der Waals surface area contributed by atoms with Crippen molar-refractivity contribution in [2.45, 2.75) is 6.42 Å². The van der Waals surface area contributed by atoms with E-state index in [2.05, 4.69) is 10.3 Å². The van der Waals surface area contributed by atoms with Gasteiger partial charge < -0.3 is 15.1 Å². The molecular formula is C18H17FN4O3. The SMILES string of the molecule is CN(C)C(=O)c1cc(NC(=O)C(=O)N2CCc3ccc(F)cc32)ccn1. The molecular weight excluding hydrogens is 339 g/mol. The number of anilines is 2. The van der Waals surface area contributed by atoms with Crippen LogP contribution in [0.1, 0.15) is 16.1 Å². The van der Waals surface area contributed by atoms with Crippen molar-refractivity contribution >= 4 is 29.1 Å². The molecule has 1 aromatic carbocycles. The van der Waals surface area contributed by atoms with Gasteiger partial charge in [-0.1, -0.05) is 6.07 Å². The lowest BCUT2D eigenvalue weighted by Gasteiger charge is -2.17. The highest BCUT2D eigenvalue weighted by molar-refractivity contribution is 6.44. The maximum atomic E-state index is 13.5. The van der Waals surface area contributed by atoms with Gasteiger partial charge in [-0.15, -0.1) is 0 Å². The first-order chi connectivity index (χ1) is 12.4. The minimum atomic E-state index is -0.864. The molecule has 26 heavy (non-hydrogen) atoms. The Morgan fingerprint density at radius 3 is 2.69 bits per heavy atom. The van der Waals surface area contributed by atoms with Gasteiger partial charge in [0, 0.05) is 32.5 Å². The minimum absolute atomic E-state index is 0.147. The molecule has 1 aliphatic heterocycles. The number of carbonyl (C=O) groups excluding carboxylic acids is 3. The van der Waals surface area contributed by atoms with Crippen molar-refractivity contribution in [3.63, 3.8) is 0 Å². The summed E-state index contributed by atoms with van der Waals surface area (Å²) >= 11 is 0. The number of hydrogen-bond acceptors (Lipinski definition) is 4. The largest absolute Gasteiger partial charge is 0.343 e. The second-order valence-electron chi connectivity index (χ2n) is 6.06. The Bertz CT molecular complexity index is 898. The fourth-order valence-corrected chi connectivity index (χ4v) is 2.72. The van der Waals surface area contributed by atoms with Crippen molar-refractivity contribution in [2.24, 2.45) is 0 Å². The van der Waals surface area contributed by atoms with Gasteiger partial charge in [-0.25, -0.2) is 4.39 Å². The van der Waals surface area contributed by atoms with E-state index in [0.717, 1.165) is 5.56 Å². The van der Waals surface area contributed by atoms with Crippen LogP contribution in [-0.2, 0) is 16.0 Å². The molecule has 0 atom stereocenters. The van der Waals surface area contributed by atoms with Gasteiger partial charge in [-0.05, 0) is 36.2 Å². The van der Waals surface area contributed by atoms with Crippen molar-refractivity contribution in [1.29, 1.82) is 0 Å². The molecule has 3 rings (SSSR count). The van der Waals surface area contributed by atoms with E-state index < -0.39 is 17.6 Å². The number of fused-ring (bicyclic) bond motifs is 1. The number of rotatable bonds is 2. The minimum Gasteiger partial charge on any atom is -0.343 e. The van der Waals surface area contributed by atoms with Gasteiger partial charge in [-0.2, -0.15) is 0 Å². The first-order valence-corrected chi connectivity index (χ1v) is 7.96. The average molecular weight is 356 g/mol. The molecule has 8 heteroatoms. The zero-order valence-corrected chi connectivity index (χ0v) is 14.3. The fourth-order valence-electron chi connectivity index (χ4n) is 2.72. The topological polar surface area (TPSA) is 82.6 Å². The van der Waals surface area contributed by atoms with Crippen LogP contribution in [0.15, 0.2) is 36.5 Å². The molecule has 1 aromatic heterocycles. The molecule has 7 nitrogen and oxygen atoms in total. The summed E-state index contributed by atoms with van der Waals surface area (Å²) in [4.78, 5) is 43.2. The second-order valence-corrected chi connectivity index (χ2v) is 6.06. The predicted octanol–water partition coefficient (Wildman–Crippen LogP) is 1.45. The van der Waals surface area contributed by atoms with Crippen molar-refractivity contribution in [2.75, 3.05) is 30.9 Å². The van der Waals surface area contributed by atoms with Crippen LogP contribution >= 0.6 is 0 Å². The maximum Gasteiger partial charge on any atom is 0.316 e. The Labute approximate surface area is 149 Å². The van der Waals surface area contributed by atoms with E-state index >= 15 is 0 Å². The van der Waals surface area contributed by atoms with E-state index in [0.29, 0.717) is 18.7 Å². The molecule has 0 unspecified atom stereocenters. The van der Waals surface area contributed by atoms with E-state index in [1.54, 1.807) is 20.2 Å². The molecule has 1 N–H and O–H groups in total. The maximum absolute atomic E-state index is 13.5. The van der Waals surface area contributed by atoms with E-state index in [1.807, 2.05) is 0 Å². The zero-order valence-electron chi connectivity index (χ0n) is 14.3. The van der Waals surface area contributed by atoms with E-state index in [4.69, 9.17) is 0 Å². The lowest BCUT2D eigenvalue weighted by Crippen LogP contribution is -2.38. The van der Waals surface area contributed by atoms with Crippen molar-refractivity contribution in [3.05, 3.63) is 53.6 Å². The highest BCUT2D eigenvalue weighted by Gasteiger charge is 2.29. The molecule has 0 bridgehead atoms. The number of hydrogen-bond donors (Lipinski definition) is 1. The molecule has 0 aliphatic carbocycles. The second kappa shape index (κ2) is 6.91. The molecule has 0 saturated carbocycles. The van der Waals surface area contributed by atoms with Crippen LogP contribution in [0.2, 0.25) is 0 Å². The van der Waals surface area contributed by atoms with Crippen molar-refractivity contribution in [3.8, 4) is 0 Å². The molecule has 0 fully saturated rings. The summed E-state index contributed by atoms with van der Waals surface area (Å²) in [6.45, 7) is 0.311. The van der Waals surface area contributed by atoms with Gasteiger partial charge in [0.25, 0.3) is 5.91 Å². The number of nitrogens with one attached hydrogen (secondary N) is 1. The number of benzene rings is 1. The Morgan fingerprint density at radius 1 is 1.19 bits per heavy atom. The summed E-state index contributed by atoms with van der Waals surface area (Å²) in [5.41, 5.74) is 1.65. The van der Waals surface area contributed by atoms with E-state index in [1.165, 1.54) is 40.3 Å². The van der Waals surface area contributed by atoms with Gasteiger partial charge in [0.1, 0.15) is 11.5 Å². The number of halogens is 1. The van der Waals surface area contributed by atoms with Gasteiger partial charge in [-0.3, -0.25) is 19.4 Å². The molecule has 0 spiro atoms. The quantitative estimate of drug-likeness (QED) is 0.826. The van der Waals surface area contributed by atoms with Crippen LogP contribution in [0.5, 0.6) is 0 Å². The van der Waals surface area contributed by atoms with Crippen LogP contribution in [0.25, 0.3) is 0 Å². The third-order valence-electron chi connectivity index (χ3n) is 4.03. The van der Waals surface area contributed by atoms with Gasteiger partial charge in [0.05, 0.1) is 5.69 Å². The van der Waals surface area contributed by atoms with E-state index in [-0.39, 0.29) is 17.3 Å². The van der Waals surface area contributed by atoms with E-state index in [9.17, 15) is 18.8 Å². The molecule has 3 amide bonds. The molecule has 2 heterocycles. The van der Waals surface area contributed by atoms with Crippen molar-refractivity contribution < 1.29 is 18.8 Å². The number of pyridine rings is 1. The van der Waals surface area contributed by atoms with Crippen LogP contribution in [0, 0.1) is 5.82 Å². The fraction of sp³-hybridized carbons (Fsp3) is 0.222. The highest BCUT2D eigenvalue weighted by Crippen LogP contribution is 2.28. The standard InChI is InChI=1S/C18H17FN4O3/c1-22(2)17(25)14-10-13(5-7-20-14)21-16(24)18(26)23-8-6-11-3-4-12(19)9-15(11)23/h3-5,7,9-10H,6,8H2,1-2H3,(H,20,21,24). The summed E-state index contributed by atoms with van der Waals surface area (Å²) in [5, 5.41) is 2.46. The summed E-state index contributed by atoms with van der Waals surface area (Å²) in [6.07, 6.45) is 1.93. The summed E-state index contributed by atoms with van der Waals surface area (Å²) in [5.74, 6) is -2.44. The van der Waals surface area contributed by atoms with Crippen LogP contribution in [0.3, 0.4) is 0 Å². The lowest BCUT2D eigenvalue weighted by molar-refractivity contribution is -0.134. The number of amides is 3. The molecule has 0 saturated heterocycles. The Kier molecular flexibility index (Phi) is 4.66. The predicted molar refractivity (Wildman–Crippen MR) is 93.3 cm³/mol. The molecule has 1 aliphatic rings. The average Bonchev–Trinajstić information content (AvgIpc) is 3.03. The van der Waals surface area contributed by atoms with Crippen LogP contribution in [0.4, 0.5) is 15.8 Å².